The number of carbonyl (C=O) groups excluding carboxylic acids is 1. The Morgan fingerprint density at radius 2 is 2.14 bits per heavy atom. The van der Waals surface area contributed by atoms with Gasteiger partial charge in [-0.05, 0) is 31.5 Å². The smallest absolute Gasteiger partial charge is 0.242 e. The van der Waals surface area contributed by atoms with E-state index >= 15 is 0 Å². The summed E-state index contributed by atoms with van der Waals surface area (Å²) in [7, 11) is -3.94. The summed E-state index contributed by atoms with van der Waals surface area (Å²) in [6.07, 6.45) is 0.757. The Bertz CT molecular complexity index is 668. The van der Waals surface area contributed by atoms with Gasteiger partial charge < -0.3 is 5.32 Å². The first-order valence-corrected chi connectivity index (χ1v) is 8.17. The first-order valence-electron chi connectivity index (χ1n) is 6.31. The van der Waals surface area contributed by atoms with Crippen molar-refractivity contribution in [2.75, 3.05) is 6.54 Å². The molecule has 0 aromatic heterocycles. The fraction of sp³-hybridized carbons (Fsp3) is 0.385. The number of rotatable bonds is 6. The third kappa shape index (κ3) is 4.70. The Morgan fingerprint density at radius 1 is 1.48 bits per heavy atom. The summed E-state index contributed by atoms with van der Waals surface area (Å²) in [5, 5.41) is 11.3. The lowest BCUT2D eigenvalue weighted by atomic mass is 10.2. The van der Waals surface area contributed by atoms with Crippen LogP contribution in [-0.4, -0.2) is 26.9 Å². The van der Waals surface area contributed by atoms with Gasteiger partial charge in [-0.25, -0.2) is 8.42 Å². The summed E-state index contributed by atoms with van der Waals surface area (Å²) in [4.78, 5) is 11.5. The summed E-state index contributed by atoms with van der Waals surface area (Å²) in [6.45, 7) is 3.81. The first-order chi connectivity index (χ1) is 9.81. The molecule has 1 aromatic rings. The molecule has 114 valence electrons. The molecule has 1 atom stereocenters. The number of nitrogens with one attached hydrogen (secondary N) is 2. The maximum Gasteiger partial charge on any atom is 0.242 e. The zero-order valence-corrected chi connectivity index (χ0v) is 13.3. The van der Waals surface area contributed by atoms with Crippen LogP contribution in [0.25, 0.3) is 0 Å². The van der Waals surface area contributed by atoms with E-state index in [0.717, 1.165) is 6.42 Å². The van der Waals surface area contributed by atoms with E-state index in [2.05, 4.69) is 10.0 Å². The number of nitrogens with zero attached hydrogens (tertiary/aromatic N) is 1. The van der Waals surface area contributed by atoms with Crippen LogP contribution in [0.3, 0.4) is 0 Å². The van der Waals surface area contributed by atoms with Crippen molar-refractivity contribution in [2.24, 2.45) is 0 Å². The van der Waals surface area contributed by atoms with Crippen molar-refractivity contribution in [1.82, 2.24) is 10.0 Å². The van der Waals surface area contributed by atoms with Crippen molar-refractivity contribution >= 4 is 27.5 Å². The number of amides is 1. The highest BCUT2D eigenvalue weighted by Crippen LogP contribution is 2.22. The molecule has 0 aliphatic heterocycles. The number of benzene rings is 1. The lowest BCUT2D eigenvalue weighted by molar-refractivity contribution is -0.122. The van der Waals surface area contributed by atoms with E-state index < -0.39 is 22.0 Å². The van der Waals surface area contributed by atoms with Crippen LogP contribution in [0.15, 0.2) is 23.1 Å². The van der Waals surface area contributed by atoms with Gasteiger partial charge in [0.1, 0.15) is 4.90 Å². The lowest BCUT2D eigenvalue weighted by Gasteiger charge is -2.14. The SMILES string of the molecule is CCCNC(=O)C(C)NS(=O)(=O)c1ccc(C#N)cc1Cl. The van der Waals surface area contributed by atoms with Gasteiger partial charge in [0.25, 0.3) is 0 Å². The molecule has 0 aliphatic rings. The van der Waals surface area contributed by atoms with Gasteiger partial charge in [-0.2, -0.15) is 9.98 Å². The predicted octanol–water partition coefficient (Wildman–Crippen LogP) is 1.40. The summed E-state index contributed by atoms with van der Waals surface area (Å²) in [5.74, 6) is -0.412. The number of hydrogen-bond acceptors (Lipinski definition) is 4. The lowest BCUT2D eigenvalue weighted by Crippen LogP contribution is -2.44. The minimum atomic E-state index is -3.94. The van der Waals surface area contributed by atoms with E-state index in [4.69, 9.17) is 16.9 Å². The van der Waals surface area contributed by atoms with E-state index in [9.17, 15) is 13.2 Å². The predicted molar refractivity (Wildman–Crippen MR) is 79.3 cm³/mol. The molecular weight excluding hydrogens is 314 g/mol. The molecule has 0 bridgehead atoms. The largest absolute Gasteiger partial charge is 0.355 e. The highest BCUT2D eigenvalue weighted by Gasteiger charge is 2.23. The quantitative estimate of drug-likeness (QED) is 0.824. The monoisotopic (exact) mass is 329 g/mol. The zero-order valence-electron chi connectivity index (χ0n) is 11.7. The molecule has 0 radical (unpaired) electrons. The molecule has 1 aromatic carbocycles. The van der Waals surface area contributed by atoms with E-state index in [-0.39, 0.29) is 15.5 Å². The molecule has 6 nitrogen and oxygen atoms in total. The minimum absolute atomic E-state index is 0.0669. The number of sulfonamides is 1. The molecule has 8 heteroatoms. The van der Waals surface area contributed by atoms with Crippen LogP contribution in [0.5, 0.6) is 0 Å². The molecule has 21 heavy (non-hydrogen) atoms. The van der Waals surface area contributed by atoms with Crippen LogP contribution in [0, 0.1) is 11.3 Å². The molecule has 0 spiro atoms. The molecule has 0 fully saturated rings. The van der Waals surface area contributed by atoms with Crippen LogP contribution >= 0.6 is 11.6 Å². The molecule has 1 rings (SSSR count). The van der Waals surface area contributed by atoms with E-state index in [1.807, 2.05) is 13.0 Å². The molecule has 0 heterocycles. The second-order valence-corrected chi connectivity index (χ2v) is 6.48. The minimum Gasteiger partial charge on any atom is -0.355 e. The molecule has 1 unspecified atom stereocenters. The Hall–Kier alpha value is -1.62. The van der Waals surface area contributed by atoms with E-state index in [1.165, 1.54) is 25.1 Å². The van der Waals surface area contributed by atoms with Crippen molar-refractivity contribution in [3.8, 4) is 6.07 Å². The number of hydrogen-bond donors (Lipinski definition) is 2. The summed E-state index contributed by atoms with van der Waals surface area (Å²) >= 11 is 5.87. The highest BCUT2D eigenvalue weighted by atomic mass is 35.5. The Morgan fingerprint density at radius 3 is 2.67 bits per heavy atom. The van der Waals surface area contributed by atoms with Crippen LogP contribution in [0.2, 0.25) is 5.02 Å². The topological polar surface area (TPSA) is 99.1 Å². The van der Waals surface area contributed by atoms with Gasteiger partial charge in [-0.15, -0.1) is 0 Å². The normalized spacial score (nSPS) is 12.5. The van der Waals surface area contributed by atoms with Gasteiger partial charge in [0.05, 0.1) is 22.7 Å². The second kappa shape index (κ2) is 7.41. The van der Waals surface area contributed by atoms with Gasteiger partial charge in [0.15, 0.2) is 0 Å². The van der Waals surface area contributed by atoms with Crippen molar-refractivity contribution in [3.05, 3.63) is 28.8 Å². The van der Waals surface area contributed by atoms with Crippen LogP contribution in [-0.2, 0) is 14.8 Å². The van der Waals surface area contributed by atoms with Crippen molar-refractivity contribution in [2.45, 2.75) is 31.2 Å². The fourth-order valence-corrected chi connectivity index (χ4v) is 3.29. The average molecular weight is 330 g/mol. The van der Waals surface area contributed by atoms with Crippen LogP contribution in [0.4, 0.5) is 0 Å². The third-order valence-corrected chi connectivity index (χ3v) is 4.65. The van der Waals surface area contributed by atoms with E-state index in [0.29, 0.717) is 6.54 Å². The van der Waals surface area contributed by atoms with Crippen molar-refractivity contribution in [3.63, 3.8) is 0 Å². The highest BCUT2D eigenvalue weighted by molar-refractivity contribution is 7.89. The Labute approximate surface area is 129 Å². The Balaban J connectivity index is 2.92. The average Bonchev–Trinajstić information content (AvgIpc) is 2.43. The summed E-state index contributed by atoms with van der Waals surface area (Å²) in [5.41, 5.74) is 0.257. The fourth-order valence-electron chi connectivity index (χ4n) is 1.54. The molecule has 2 N–H and O–H groups in total. The van der Waals surface area contributed by atoms with Gasteiger partial charge in [0, 0.05) is 6.54 Å². The Kier molecular flexibility index (Phi) is 6.15. The summed E-state index contributed by atoms with van der Waals surface area (Å²) in [6, 6.07) is 4.79. The molecule has 0 saturated carbocycles. The molecular formula is C13H16ClN3O3S. The first kappa shape index (κ1) is 17.4. The van der Waals surface area contributed by atoms with Gasteiger partial charge in [0.2, 0.25) is 15.9 Å². The van der Waals surface area contributed by atoms with E-state index in [1.54, 1.807) is 0 Å². The summed E-state index contributed by atoms with van der Waals surface area (Å²) < 4.78 is 26.6. The standard InChI is InChI=1S/C13H16ClN3O3S/c1-3-6-16-13(18)9(2)17-21(19,20)12-5-4-10(8-15)7-11(12)14/h4-5,7,9,17H,3,6H2,1-2H3,(H,16,18). The third-order valence-electron chi connectivity index (χ3n) is 2.62. The van der Waals surface area contributed by atoms with Crippen molar-refractivity contribution in [1.29, 1.82) is 5.26 Å². The second-order valence-electron chi connectivity index (χ2n) is 4.39. The van der Waals surface area contributed by atoms with Crippen LogP contribution in [0.1, 0.15) is 25.8 Å². The molecule has 1 amide bonds. The maximum atomic E-state index is 12.2. The van der Waals surface area contributed by atoms with Crippen LogP contribution < -0.4 is 10.0 Å². The van der Waals surface area contributed by atoms with Gasteiger partial charge >= 0.3 is 0 Å². The zero-order chi connectivity index (χ0) is 16.0. The van der Waals surface area contributed by atoms with Crippen molar-refractivity contribution < 1.29 is 13.2 Å². The number of halogens is 1. The maximum absolute atomic E-state index is 12.2. The molecule has 0 aliphatic carbocycles. The number of carbonyl (C=O) groups is 1. The number of nitriles is 1. The van der Waals surface area contributed by atoms with Gasteiger partial charge in [-0.1, -0.05) is 18.5 Å². The van der Waals surface area contributed by atoms with Gasteiger partial charge in [-0.3, -0.25) is 4.79 Å². The molecule has 0 saturated heterocycles.